The van der Waals surface area contributed by atoms with Crippen LogP contribution in [0.2, 0.25) is 0 Å². The van der Waals surface area contributed by atoms with Crippen LogP contribution < -0.4 is 5.32 Å². The van der Waals surface area contributed by atoms with Gasteiger partial charge in [0.05, 0.1) is 6.07 Å². The Bertz CT molecular complexity index is 315. The summed E-state index contributed by atoms with van der Waals surface area (Å²) < 4.78 is 4.84. The Kier molecular flexibility index (Phi) is 3.35. The summed E-state index contributed by atoms with van der Waals surface area (Å²) in [6.07, 6.45) is 3.96. The van der Waals surface area contributed by atoms with Crippen LogP contribution in [0.15, 0.2) is 10.7 Å². The molecule has 0 saturated heterocycles. The van der Waals surface area contributed by atoms with Gasteiger partial charge in [0.15, 0.2) is 4.34 Å². The standard InChI is InChI=1S/C8H10N4S2/c9-3-7(12-6-1-2-6)4-13-8-10-5-11-14-8/h5-7,12H,1-2,4H2. The van der Waals surface area contributed by atoms with Crippen LogP contribution in [-0.2, 0) is 0 Å². The molecule has 1 aromatic rings. The highest BCUT2D eigenvalue weighted by molar-refractivity contribution is 8.00. The quantitative estimate of drug-likeness (QED) is 0.766. The lowest BCUT2D eigenvalue weighted by molar-refractivity contribution is 0.644. The third-order valence-corrected chi connectivity index (χ3v) is 3.78. The molecule has 0 spiro atoms. The highest BCUT2D eigenvalue weighted by Gasteiger charge is 2.24. The molecule has 0 bridgehead atoms. The van der Waals surface area contributed by atoms with Gasteiger partial charge in [-0.05, 0) is 24.4 Å². The molecule has 0 aromatic carbocycles. The topological polar surface area (TPSA) is 61.6 Å². The first-order valence-electron chi connectivity index (χ1n) is 4.43. The molecule has 14 heavy (non-hydrogen) atoms. The maximum Gasteiger partial charge on any atom is 0.169 e. The van der Waals surface area contributed by atoms with Gasteiger partial charge in [0.25, 0.3) is 0 Å². The fourth-order valence-corrected chi connectivity index (χ4v) is 2.46. The SMILES string of the molecule is N#CC(CSc1ncns1)NC1CC1. The van der Waals surface area contributed by atoms with E-state index in [9.17, 15) is 0 Å². The second-order valence-electron chi connectivity index (χ2n) is 3.14. The molecule has 1 unspecified atom stereocenters. The largest absolute Gasteiger partial charge is 0.298 e. The van der Waals surface area contributed by atoms with Crippen molar-refractivity contribution in [2.45, 2.75) is 29.3 Å². The van der Waals surface area contributed by atoms with Crippen LogP contribution in [0.4, 0.5) is 0 Å². The van der Waals surface area contributed by atoms with Crippen molar-refractivity contribution in [1.82, 2.24) is 14.7 Å². The van der Waals surface area contributed by atoms with Crippen LogP contribution >= 0.6 is 23.3 Å². The van der Waals surface area contributed by atoms with Crippen molar-refractivity contribution in [3.63, 3.8) is 0 Å². The zero-order chi connectivity index (χ0) is 9.80. The smallest absolute Gasteiger partial charge is 0.169 e. The summed E-state index contributed by atoms with van der Waals surface area (Å²) in [6.45, 7) is 0. The van der Waals surface area contributed by atoms with Crippen molar-refractivity contribution in [1.29, 1.82) is 5.26 Å². The van der Waals surface area contributed by atoms with Gasteiger partial charge in [-0.15, -0.1) is 0 Å². The summed E-state index contributed by atoms with van der Waals surface area (Å²) in [5.41, 5.74) is 0. The van der Waals surface area contributed by atoms with E-state index in [2.05, 4.69) is 20.7 Å². The molecule has 1 atom stereocenters. The molecule has 1 saturated carbocycles. The number of aromatic nitrogens is 2. The molecule has 1 aliphatic carbocycles. The van der Waals surface area contributed by atoms with Crippen LogP contribution in [0.1, 0.15) is 12.8 Å². The summed E-state index contributed by atoms with van der Waals surface area (Å²) in [7, 11) is 0. The highest BCUT2D eigenvalue weighted by atomic mass is 32.2. The molecule has 1 aliphatic rings. The van der Waals surface area contributed by atoms with Gasteiger partial charge in [-0.3, -0.25) is 5.32 Å². The number of hydrogen-bond donors (Lipinski definition) is 1. The fraction of sp³-hybridized carbons (Fsp3) is 0.625. The summed E-state index contributed by atoms with van der Waals surface area (Å²) >= 11 is 2.96. The van der Waals surface area contributed by atoms with E-state index in [-0.39, 0.29) is 6.04 Å². The van der Waals surface area contributed by atoms with Crippen molar-refractivity contribution in [2.24, 2.45) is 0 Å². The lowest BCUT2D eigenvalue weighted by Crippen LogP contribution is -2.31. The Morgan fingerprint density at radius 3 is 3.21 bits per heavy atom. The molecule has 1 N–H and O–H groups in total. The number of nitriles is 1. The predicted molar refractivity (Wildman–Crippen MR) is 56.2 cm³/mol. The van der Waals surface area contributed by atoms with E-state index in [1.54, 1.807) is 18.1 Å². The first-order valence-corrected chi connectivity index (χ1v) is 6.19. The summed E-state index contributed by atoms with van der Waals surface area (Å²) in [5, 5.41) is 12.2. The Morgan fingerprint density at radius 1 is 1.79 bits per heavy atom. The number of thioether (sulfide) groups is 1. The first kappa shape index (κ1) is 9.90. The maximum absolute atomic E-state index is 8.87. The van der Waals surface area contributed by atoms with Gasteiger partial charge in [0, 0.05) is 11.8 Å². The number of hydrogen-bond acceptors (Lipinski definition) is 6. The molecule has 0 radical (unpaired) electrons. The molecule has 74 valence electrons. The maximum atomic E-state index is 8.87. The van der Waals surface area contributed by atoms with E-state index in [0.29, 0.717) is 6.04 Å². The van der Waals surface area contributed by atoms with E-state index >= 15 is 0 Å². The minimum absolute atomic E-state index is 0.0589. The van der Waals surface area contributed by atoms with Crippen LogP contribution in [-0.4, -0.2) is 27.2 Å². The monoisotopic (exact) mass is 226 g/mol. The van der Waals surface area contributed by atoms with Gasteiger partial charge in [-0.1, -0.05) is 11.8 Å². The summed E-state index contributed by atoms with van der Waals surface area (Å²) in [4.78, 5) is 4.05. The minimum atomic E-state index is -0.0589. The molecule has 1 aromatic heterocycles. The van der Waals surface area contributed by atoms with Crippen LogP contribution in [0, 0.1) is 11.3 Å². The minimum Gasteiger partial charge on any atom is -0.298 e. The molecule has 1 fully saturated rings. The average molecular weight is 226 g/mol. The van der Waals surface area contributed by atoms with Gasteiger partial charge >= 0.3 is 0 Å². The molecule has 4 nitrogen and oxygen atoms in total. The van der Waals surface area contributed by atoms with Crippen molar-refractivity contribution >= 4 is 23.3 Å². The lowest BCUT2D eigenvalue weighted by atomic mass is 10.4. The second-order valence-corrected chi connectivity index (χ2v) is 5.19. The van der Waals surface area contributed by atoms with Gasteiger partial charge in [0.1, 0.15) is 12.4 Å². The van der Waals surface area contributed by atoms with Gasteiger partial charge in [-0.25, -0.2) is 4.98 Å². The van der Waals surface area contributed by atoms with E-state index in [4.69, 9.17) is 5.26 Å². The zero-order valence-electron chi connectivity index (χ0n) is 7.51. The van der Waals surface area contributed by atoms with Crippen LogP contribution in [0.5, 0.6) is 0 Å². The third kappa shape index (κ3) is 2.94. The lowest BCUT2D eigenvalue weighted by Gasteiger charge is -2.07. The molecule has 1 heterocycles. The van der Waals surface area contributed by atoms with Crippen molar-refractivity contribution in [2.75, 3.05) is 5.75 Å². The normalized spacial score (nSPS) is 17.6. The van der Waals surface area contributed by atoms with Crippen molar-refractivity contribution in [3.05, 3.63) is 6.33 Å². The molecule has 0 amide bonds. The second kappa shape index (κ2) is 4.73. The van der Waals surface area contributed by atoms with E-state index in [1.165, 1.54) is 24.4 Å². The van der Waals surface area contributed by atoms with E-state index in [0.717, 1.165) is 10.1 Å². The molecular formula is C8H10N4S2. The van der Waals surface area contributed by atoms with Crippen LogP contribution in [0.3, 0.4) is 0 Å². The van der Waals surface area contributed by atoms with Crippen molar-refractivity contribution < 1.29 is 0 Å². The summed E-state index contributed by atoms with van der Waals surface area (Å²) in [6, 6.07) is 2.78. The Morgan fingerprint density at radius 2 is 2.64 bits per heavy atom. The Hall–Kier alpha value is -0.640. The number of nitrogens with zero attached hydrogens (tertiary/aromatic N) is 3. The van der Waals surface area contributed by atoms with Crippen LogP contribution in [0.25, 0.3) is 0 Å². The fourth-order valence-electron chi connectivity index (χ4n) is 1.04. The Labute approximate surface area is 90.9 Å². The third-order valence-electron chi connectivity index (χ3n) is 1.88. The summed E-state index contributed by atoms with van der Waals surface area (Å²) in [5.74, 6) is 0.752. The first-order chi connectivity index (χ1) is 6.88. The van der Waals surface area contributed by atoms with Crippen molar-refractivity contribution in [3.8, 4) is 6.07 Å². The highest BCUT2D eigenvalue weighted by Crippen LogP contribution is 2.22. The Balaban J connectivity index is 1.74. The number of rotatable bonds is 5. The molecule has 2 rings (SSSR count). The van der Waals surface area contributed by atoms with E-state index in [1.807, 2.05) is 0 Å². The zero-order valence-corrected chi connectivity index (χ0v) is 9.14. The average Bonchev–Trinajstić information content (AvgIpc) is 2.86. The predicted octanol–water partition coefficient (Wildman–Crippen LogP) is 1.27. The van der Waals surface area contributed by atoms with E-state index < -0.39 is 0 Å². The van der Waals surface area contributed by atoms with Gasteiger partial charge in [-0.2, -0.15) is 9.64 Å². The number of nitrogens with one attached hydrogen (secondary N) is 1. The molecular weight excluding hydrogens is 216 g/mol. The molecule has 0 aliphatic heterocycles. The van der Waals surface area contributed by atoms with Gasteiger partial charge in [0.2, 0.25) is 0 Å². The van der Waals surface area contributed by atoms with Gasteiger partial charge < -0.3 is 0 Å². The molecule has 6 heteroatoms.